The summed E-state index contributed by atoms with van der Waals surface area (Å²) >= 11 is 0. The molecular weight excluding hydrogens is 260 g/mol. The summed E-state index contributed by atoms with van der Waals surface area (Å²) in [6.45, 7) is 2.40. The molecule has 0 radical (unpaired) electrons. The van der Waals surface area contributed by atoms with Gasteiger partial charge in [-0.05, 0) is 25.9 Å². The SMILES string of the molecule is O=C1CC(NC(=O)c2cn(C3CCNCC3)nn2)CN1. The molecule has 0 spiro atoms. The second-order valence-corrected chi connectivity index (χ2v) is 5.24. The van der Waals surface area contributed by atoms with Crippen LogP contribution in [0.3, 0.4) is 0 Å². The first-order valence-electron chi connectivity index (χ1n) is 6.92. The van der Waals surface area contributed by atoms with Crippen molar-refractivity contribution in [1.29, 1.82) is 0 Å². The summed E-state index contributed by atoms with van der Waals surface area (Å²) < 4.78 is 1.77. The maximum absolute atomic E-state index is 12.0. The quantitative estimate of drug-likeness (QED) is 0.646. The molecule has 2 saturated heterocycles. The van der Waals surface area contributed by atoms with E-state index >= 15 is 0 Å². The Morgan fingerprint density at radius 1 is 1.40 bits per heavy atom. The highest BCUT2D eigenvalue weighted by Gasteiger charge is 2.25. The average Bonchev–Trinajstić information content (AvgIpc) is 3.09. The van der Waals surface area contributed by atoms with Crippen LogP contribution in [0.15, 0.2) is 6.20 Å². The minimum Gasteiger partial charge on any atom is -0.354 e. The Balaban J connectivity index is 1.60. The fourth-order valence-electron chi connectivity index (χ4n) is 2.60. The maximum atomic E-state index is 12.0. The lowest BCUT2D eigenvalue weighted by molar-refractivity contribution is -0.119. The van der Waals surface area contributed by atoms with Crippen LogP contribution in [-0.2, 0) is 4.79 Å². The fourth-order valence-corrected chi connectivity index (χ4v) is 2.60. The molecule has 1 unspecified atom stereocenters. The number of nitrogens with one attached hydrogen (secondary N) is 3. The van der Waals surface area contributed by atoms with E-state index in [1.165, 1.54) is 0 Å². The van der Waals surface area contributed by atoms with Gasteiger partial charge in [-0.3, -0.25) is 9.59 Å². The molecule has 3 heterocycles. The number of hydrogen-bond acceptors (Lipinski definition) is 5. The summed E-state index contributed by atoms with van der Waals surface area (Å²) in [6.07, 6.45) is 4.00. The number of amides is 2. The van der Waals surface area contributed by atoms with Gasteiger partial charge in [0.2, 0.25) is 5.91 Å². The fraction of sp³-hybridized carbons (Fsp3) is 0.667. The van der Waals surface area contributed by atoms with E-state index in [0.717, 1.165) is 25.9 Å². The molecule has 0 saturated carbocycles. The van der Waals surface area contributed by atoms with Gasteiger partial charge in [-0.1, -0.05) is 5.21 Å². The number of carbonyl (C=O) groups excluding carboxylic acids is 2. The summed E-state index contributed by atoms with van der Waals surface area (Å²) in [6, 6.07) is 0.152. The van der Waals surface area contributed by atoms with Crippen LogP contribution < -0.4 is 16.0 Å². The lowest BCUT2D eigenvalue weighted by Crippen LogP contribution is -2.36. The van der Waals surface area contributed by atoms with Crippen LogP contribution >= 0.6 is 0 Å². The normalized spacial score (nSPS) is 23.6. The zero-order valence-electron chi connectivity index (χ0n) is 11.1. The molecule has 2 fully saturated rings. The van der Waals surface area contributed by atoms with Crippen molar-refractivity contribution in [2.24, 2.45) is 0 Å². The van der Waals surface area contributed by atoms with Gasteiger partial charge in [-0.2, -0.15) is 0 Å². The first-order valence-corrected chi connectivity index (χ1v) is 6.92. The average molecular weight is 278 g/mol. The van der Waals surface area contributed by atoms with Gasteiger partial charge < -0.3 is 16.0 Å². The number of hydrogen-bond donors (Lipinski definition) is 3. The van der Waals surface area contributed by atoms with E-state index < -0.39 is 0 Å². The van der Waals surface area contributed by atoms with Crippen LogP contribution in [0.2, 0.25) is 0 Å². The van der Waals surface area contributed by atoms with Gasteiger partial charge in [0.1, 0.15) is 0 Å². The molecule has 2 amide bonds. The largest absolute Gasteiger partial charge is 0.354 e. The van der Waals surface area contributed by atoms with Crippen molar-refractivity contribution in [2.45, 2.75) is 31.3 Å². The third kappa shape index (κ3) is 2.79. The van der Waals surface area contributed by atoms with E-state index in [1.807, 2.05) is 0 Å². The molecule has 2 aliphatic heterocycles. The van der Waals surface area contributed by atoms with Gasteiger partial charge in [0.05, 0.1) is 18.3 Å². The molecule has 3 N–H and O–H groups in total. The van der Waals surface area contributed by atoms with Crippen molar-refractivity contribution >= 4 is 11.8 Å². The molecule has 0 bridgehead atoms. The molecule has 20 heavy (non-hydrogen) atoms. The van der Waals surface area contributed by atoms with Crippen molar-refractivity contribution < 1.29 is 9.59 Å². The molecular formula is C12H18N6O2. The Morgan fingerprint density at radius 2 is 2.20 bits per heavy atom. The second kappa shape index (κ2) is 5.58. The van der Waals surface area contributed by atoms with Crippen LogP contribution in [0.1, 0.15) is 35.8 Å². The monoisotopic (exact) mass is 278 g/mol. The van der Waals surface area contributed by atoms with Gasteiger partial charge >= 0.3 is 0 Å². The summed E-state index contributed by atoms with van der Waals surface area (Å²) in [7, 11) is 0. The summed E-state index contributed by atoms with van der Waals surface area (Å²) in [4.78, 5) is 23.1. The Bertz CT molecular complexity index is 508. The third-order valence-corrected chi connectivity index (χ3v) is 3.74. The lowest BCUT2D eigenvalue weighted by atomic mass is 10.1. The summed E-state index contributed by atoms with van der Waals surface area (Å²) in [5.41, 5.74) is 0.308. The van der Waals surface area contributed by atoms with Gasteiger partial charge in [-0.25, -0.2) is 4.68 Å². The molecule has 1 aromatic heterocycles. The third-order valence-electron chi connectivity index (χ3n) is 3.74. The molecule has 1 atom stereocenters. The minimum atomic E-state index is -0.272. The van der Waals surface area contributed by atoms with E-state index in [0.29, 0.717) is 24.7 Å². The standard InChI is InChI=1S/C12H18N6O2/c19-11-5-8(6-14-11)15-12(20)10-7-18(17-16-10)9-1-3-13-4-2-9/h7-9,13H,1-6H2,(H,14,19)(H,15,20). The van der Waals surface area contributed by atoms with E-state index in [-0.39, 0.29) is 17.9 Å². The number of rotatable bonds is 3. The second-order valence-electron chi connectivity index (χ2n) is 5.24. The predicted octanol–water partition coefficient (Wildman–Crippen LogP) is -1.18. The minimum absolute atomic E-state index is 0.0336. The van der Waals surface area contributed by atoms with Crippen LogP contribution in [0.4, 0.5) is 0 Å². The molecule has 8 nitrogen and oxygen atoms in total. The van der Waals surface area contributed by atoms with Crippen molar-refractivity contribution in [3.63, 3.8) is 0 Å². The number of piperidine rings is 1. The van der Waals surface area contributed by atoms with Crippen molar-refractivity contribution in [2.75, 3.05) is 19.6 Å². The van der Waals surface area contributed by atoms with Gasteiger partial charge in [0, 0.05) is 13.0 Å². The van der Waals surface area contributed by atoms with E-state index in [1.54, 1.807) is 10.9 Å². The molecule has 8 heteroatoms. The summed E-state index contributed by atoms with van der Waals surface area (Å²) in [5, 5.41) is 16.7. The lowest BCUT2D eigenvalue weighted by Gasteiger charge is -2.22. The maximum Gasteiger partial charge on any atom is 0.273 e. The van der Waals surface area contributed by atoms with Gasteiger partial charge in [0.25, 0.3) is 5.91 Å². The number of carbonyl (C=O) groups is 2. The Labute approximate surface area is 116 Å². The Hall–Kier alpha value is -1.96. The number of aromatic nitrogens is 3. The number of nitrogens with zero attached hydrogens (tertiary/aromatic N) is 3. The van der Waals surface area contributed by atoms with Gasteiger partial charge in [-0.15, -0.1) is 5.10 Å². The molecule has 0 aliphatic carbocycles. The highest BCUT2D eigenvalue weighted by Crippen LogP contribution is 2.17. The summed E-state index contributed by atoms with van der Waals surface area (Å²) in [5.74, 6) is -0.305. The van der Waals surface area contributed by atoms with Crippen LogP contribution in [0.25, 0.3) is 0 Å². The van der Waals surface area contributed by atoms with Crippen molar-refractivity contribution in [3.8, 4) is 0 Å². The Morgan fingerprint density at radius 3 is 2.90 bits per heavy atom. The predicted molar refractivity (Wildman–Crippen MR) is 70.0 cm³/mol. The molecule has 2 aliphatic rings. The van der Waals surface area contributed by atoms with E-state index in [2.05, 4.69) is 26.3 Å². The van der Waals surface area contributed by atoms with Gasteiger partial charge in [0.15, 0.2) is 5.69 Å². The molecule has 0 aromatic carbocycles. The molecule has 108 valence electrons. The Kier molecular flexibility index (Phi) is 3.64. The van der Waals surface area contributed by atoms with Crippen LogP contribution in [-0.4, -0.2) is 52.5 Å². The highest BCUT2D eigenvalue weighted by molar-refractivity contribution is 5.92. The molecule has 3 rings (SSSR count). The van der Waals surface area contributed by atoms with Crippen molar-refractivity contribution in [1.82, 2.24) is 30.9 Å². The van der Waals surface area contributed by atoms with E-state index in [4.69, 9.17) is 0 Å². The first kappa shape index (κ1) is 13.0. The zero-order chi connectivity index (χ0) is 13.9. The smallest absolute Gasteiger partial charge is 0.273 e. The van der Waals surface area contributed by atoms with Crippen LogP contribution in [0, 0.1) is 0 Å². The van der Waals surface area contributed by atoms with Crippen molar-refractivity contribution in [3.05, 3.63) is 11.9 Å². The van der Waals surface area contributed by atoms with Crippen LogP contribution in [0.5, 0.6) is 0 Å². The first-order chi connectivity index (χ1) is 9.72. The highest BCUT2D eigenvalue weighted by atomic mass is 16.2. The topological polar surface area (TPSA) is 101 Å². The van der Waals surface area contributed by atoms with E-state index in [9.17, 15) is 9.59 Å². The zero-order valence-corrected chi connectivity index (χ0v) is 11.1. The molecule has 1 aromatic rings.